The van der Waals surface area contributed by atoms with Crippen molar-refractivity contribution in [3.05, 3.63) is 58.1 Å². The van der Waals surface area contributed by atoms with Crippen LogP contribution in [-0.4, -0.2) is 0 Å². The second-order valence-corrected chi connectivity index (χ2v) is 7.88. The Balaban J connectivity index is 1.99. The van der Waals surface area contributed by atoms with Gasteiger partial charge >= 0.3 is 0 Å². The molecular weight excluding hydrogens is 252 g/mol. The molecule has 3 aliphatic rings. The second kappa shape index (κ2) is 3.43. The molecule has 0 atom stereocenters. The zero-order chi connectivity index (χ0) is 14.4. The highest BCUT2D eigenvalue weighted by molar-refractivity contribution is 5.92. The number of benzene rings is 2. The van der Waals surface area contributed by atoms with Crippen LogP contribution in [0.2, 0.25) is 0 Å². The van der Waals surface area contributed by atoms with Crippen LogP contribution in [-0.2, 0) is 10.8 Å². The van der Waals surface area contributed by atoms with Gasteiger partial charge in [-0.3, -0.25) is 0 Å². The molecule has 0 nitrogen and oxygen atoms in total. The maximum Gasteiger partial charge on any atom is 0.0215 e. The van der Waals surface area contributed by atoms with Crippen LogP contribution in [0.15, 0.2) is 30.3 Å². The van der Waals surface area contributed by atoms with E-state index in [1.54, 1.807) is 33.4 Å². The summed E-state index contributed by atoms with van der Waals surface area (Å²) in [5.41, 5.74) is 11.6. The second-order valence-electron chi connectivity index (χ2n) is 7.88. The lowest BCUT2D eigenvalue weighted by Gasteiger charge is -2.31. The van der Waals surface area contributed by atoms with E-state index in [-0.39, 0.29) is 5.41 Å². The fraction of sp³-hybridized carbons (Fsp3) is 0.429. The Morgan fingerprint density at radius 2 is 1.43 bits per heavy atom. The largest absolute Gasteiger partial charge is 0.0616 e. The predicted octanol–water partition coefficient (Wildman–Crippen LogP) is 5.47. The molecule has 1 saturated carbocycles. The summed E-state index contributed by atoms with van der Waals surface area (Å²) in [5, 5.41) is 0. The molecule has 0 heterocycles. The molecule has 0 heteroatoms. The van der Waals surface area contributed by atoms with Gasteiger partial charge in [0.25, 0.3) is 0 Å². The Morgan fingerprint density at radius 3 is 2.19 bits per heavy atom. The van der Waals surface area contributed by atoms with Gasteiger partial charge in [0.1, 0.15) is 0 Å². The molecule has 0 unspecified atom stereocenters. The Hall–Kier alpha value is -1.56. The molecule has 1 spiro atoms. The average molecular weight is 274 g/mol. The van der Waals surface area contributed by atoms with Gasteiger partial charge in [-0.1, -0.05) is 62.6 Å². The van der Waals surface area contributed by atoms with Crippen molar-refractivity contribution in [1.82, 2.24) is 0 Å². The topological polar surface area (TPSA) is 0 Å². The minimum absolute atomic E-state index is 0.168. The van der Waals surface area contributed by atoms with Crippen molar-refractivity contribution in [1.29, 1.82) is 0 Å². The summed E-state index contributed by atoms with van der Waals surface area (Å²) >= 11 is 0. The van der Waals surface area contributed by atoms with Crippen LogP contribution >= 0.6 is 0 Å². The molecule has 21 heavy (non-hydrogen) atoms. The molecule has 3 aliphatic carbocycles. The summed E-state index contributed by atoms with van der Waals surface area (Å²) in [5.74, 6) is 0. The lowest BCUT2D eigenvalue weighted by molar-refractivity contribution is 0.543. The van der Waals surface area contributed by atoms with E-state index in [0.29, 0.717) is 5.41 Å². The van der Waals surface area contributed by atoms with E-state index in [4.69, 9.17) is 0 Å². The van der Waals surface area contributed by atoms with Crippen molar-refractivity contribution in [3.8, 4) is 11.1 Å². The number of aryl methyl sites for hydroxylation is 1. The summed E-state index contributed by atoms with van der Waals surface area (Å²) in [6, 6.07) is 12.0. The molecule has 2 aromatic rings. The van der Waals surface area contributed by atoms with E-state index in [1.807, 2.05) is 0 Å². The SMILES string of the molecule is Cc1cc2c3c(c1)C1(CCCC1)c1cccc(c1-3)C2(C)C. The van der Waals surface area contributed by atoms with Crippen LogP contribution in [0, 0.1) is 6.92 Å². The highest BCUT2D eigenvalue weighted by Gasteiger charge is 2.51. The third kappa shape index (κ3) is 1.16. The molecule has 0 amide bonds. The summed E-state index contributed by atoms with van der Waals surface area (Å²) in [7, 11) is 0. The maximum atomic E-state index is 2.50. The van der Waals surface area contributed by atoms with Crippen molar-refractivity contribution in [3.63, 3.8) is 0 Å². The smallest absolute Gasteiger partial charge is 0.0215 e. The molecule has 2 aromatic carbocycles. The fourth-order valence-electron chi connectivity index (χ4n) is 5.47. The van der Waals surface area contributed by atoms with E-state index in [9.17, 15) is 0 Å². The first kappa shape index (κ1) is 12.0. The van der Waals surface area contributed by atoms with Crippen LogP contribution in [0.3, 0.4) is 0 Å². The Bertz CT molecular complexity index is 786. The standard InChI is InChI=1S/C21H22/c1-13-11-16-19-17(12-13)21(9-4-5-10-21)15-8-6-7-14(18(15)19)20(16,2)3/h6-8,11-12H,4-5,9-10H2,1-3H3. The molecule has 0 aliphatic heterocycles. The number of fused-ring (bicyclic) bond motifs is 2. The van der Waals surface area contributed by atoms with Crippen LogP contribution in [0.1, 0.15) is 67.3 Å². The first-order valence-electron chi connectivity index (χ1n) is 8.36. The van der Waals surface area contributed by atoms with Gasteiger partial charge in [-0.25, -0.2) is 0 Å². The van der Waals surface area contributed by atoms with Gasteiger partial charge in [0.05, 0.1) is 0 Å². The first-order valence-corrected chi connectivity index (χ1v) is 8.36. The van der Waals surface area contributed by atoms with Gasteiger partial charge in [-0.15, -0.1) is 0 Å². The van der Waals surface area contributed by atoms with Gasteiger partial charge in [-0.2, -0.15) is 0 Å². The average Bonchev–Trinajstić information content (AvgIpc) is 3.10. The summed E-state index contributed by atoms with van der Waals surface area (Å²) in [6.07, 6.45) is 5.46. The lowest BCUT2D eigenvalue weighted by atomic mass is 9.72. The van der Waals surface area contributed by atoms with Gasteiger partial charge < -0.3 is 0 Å². The monoisotopic (exact) mass is 274 g/mol. The molecule has 0 saturated heterocycles. The zero-order valence-electron chi connectivity index (χ0n) is 13.2. The van der Waals surface area contributed by atoms with E-state index in [0.717, 1.165) is 0 Å². The minimum atomic E-state index is 0.168. The molecule has 1 fully saturated rings. The fourth-order valence-corrected chi connectivity index (χ4v) is 5.47. The van der Waals surface area contributed by atoms with Crippen molar-refractivity contribution in [2.75, 3.05) is 0 Å². The third-order valence-electron chi connectivity index (χ3n) is 6.43. The molecule has 106 valence electrons. The van der Waals surface area contributed by atoms with Crippen molar-refractivity contribution >= 4 is 0 Å². The summed E-state index contributed by atoms with van der Waals surface area (Å²) in [6.45, 7) is 7.07. The Labute approximate surface area is 127 Å². The summed E-state index contributed by atoms with van der Waals surface area (Å²) < 4.78 is 0. The lowest BCUT2D eigenvalue weighted by Crippen LogP contribution is -2.24. The van der Waals surface area contributed by atoms with E-state index in [2.05, 4.69) is 51.1 Å². The minimum Gasteiger partial charge on any atom is -0.0616 e. The number of hydrogen-bond donors (Lipinski definition) is 0. The Kier molecular flexibility index (Phi) is 1.96. The molecule has 0 radical (unpaired) electrons. The van der Waals surface area contributed by atoms with Gasteiger partial charge in [0.15, 0.2) is 0 Å². The van der Waals surface area contributed by atoms with E-state index in [1.165, 1.54) is 31.2 Å². The molecular formula is C21H22. The van der Waals surface area contributed by atoms with Crippen LogP contribution in [0.25, 0.3) is 11.1 Å². The van der Waals surface area contributed by atoms with Crippen LogP contribution < -0.4 is 0 Å². The van der Waals surface area contributed by atoms with Crippen molar-refractivity contribution in [2.24, 2.45) is 0 Å². The molecule has 0 N–H and O–H groups in total. The molecule has 0 bridgehead atoms. The number of hydrogen-bond acceptors (Lipinski definition) is 0. The molecule has 0 aromatic heterocycles. The summed E-state index contributed by atoms with van der Waals surface area (Å²) in [4.78, 5) is 0. The van der Waals surface area contributed by atoms with Gasteiger partial charge in [-0.05, 0) is 53.1 Å². The van der Waals surface area contributed by atoms with Crippen LogP contribution in [0.5, 0.6) is 0 Å². The third-order valence-corrected chi connectivity index (χ3v) is 6.43. The highest BCUT2D eigenvalue weighted by Crippen LogP contribution is 2.64. The molecule has 5 rings (SSSR count). The quantitative estimate of drug-likeness (QED) is 0.597. The maximum absolute atomic E-state index is 2.50. The normalized spacial score (nSPS) is 22.0. The zero-order valence-corrected chi connectivity index (χ0v) is 13.2. The predicted molar refractivity (Wildman–Crippen MR) is 88.0 cm³/mol. The highest BCUT2D eigenvalue weighted by atomic mass is 14.5. The van der Waals surface area contributed by atoms with Gasteiger partial charge in [0.2, 0.25) is 0 Å². The Morgan fingerprint density at radius 1 is 0.810 bits per heavy atom. The van der Waals surface area contributed by atoms with Crippen molar-refractivity contribution < 1.29 is 0 Å². The number of rotatable bonds is 0. The van der Waals surface area contributed by atoms with Crippen molar-refractivity contribution in [2.45, 2.75) is 57.3 Å². The first-order chi connectivity index (χ1) is 10.1. The van der Waals surface area contributed by atoms with Crippen LogP contribution in [0.4, 0.5) is 0 Å². The van der Waals surface area contributed by atoms with E-state index < -0.39 is 0 Å². The van der Waals surface area contributed by atoms with Gasteiger partial charge in [0, 0.05) is 10.8 Å². The van der Waals surface area contributed by atoms with E-state index >= 15 is 0 Å².